The van der Waals surface area contributed by atoms with Gasteiger partial charge in [-0.05, 0) is 18.6 Å². The molecule has 1 aliphatic heterocycles. The predicted molar refractivity (Wildman–Crippen MR) is 84.1 cm³/mol. The van der Waals surface area contributed by atoms with Gasteiger partial charge in [-0.3, -0.25) is 4.79 Å². The SMILES string of the molecule is CC[C@H]1CC(=O)c2ccc(S(=O)(=O)Oc3c(F)c(F)c(F)c(F)c3F)cc2O1. The lowest BCUT2D eigenvalue weighted by molar-refractivity contribution is 0.0844. The molecule has 0 fully saturated rings. The molecule has 150 valence electrons. The van der Waals surface area contributed by atoms with Gasteiger partial charge >= 0.3 is 10.1 Å². The number of Topliss-reactive ketones (excluding diaryl/α,β-unsaturated/α-hetero) is 1. The number of ketones is 1. The number of hydrogen-bond acceptors (Lipinski definition) is 5. The number of fused-ring (bicyclic) bond motifs is 1. The van der Waals surface area contributed by atoms with E-state index >= 15 is 0 Å². The quantitative estimate of drug-likeness (QED) is 0.324. The summed E-state index contributed by atoms with van der Waals surface area (Å²) in [7, 11) is -5.01. The van der Waals surface area contributed by atoms with Gasteiger partial charge in [0, 0.05) is 12.5 Å². The van der Waals surface area contributed by atoms with E-state index < -0.39 is 56.0 Å². The molecule has 0 radical (unpaired) electrons. The van der Waals surface area contributed by atoms with E-state index in [9.17, 15) is 35.2 Å². The largest absolute Gasteiger partial charge is 0.489 e. The third kappa shape index (κ3) is 3.30. The Kier molecular flexibility index (Phi) is 5.04. The highest BCUT2D eigenvalue weighted by Crippen LogP contribution is 2.34. The zero-order valence-corrected chi connectivity index (χ0v) is 14.9. The number of carbonyl (C=O) groups excluding carboxylic acids is 1. The normalized spacial score (nSPS) is 16.5. The standard InChI is InChI=1S/C17H11F5O5S/c1-2-7-5-10(23)9-4-3-8(6-11(9)26-7)28(24,25)27-17-15(21)13(19)12(18)14(20)16(17)22/h3-4,6-7H,2,5H2,1H3/t7-/m0/s1. The Hall–Kier alpha value is -2.69. The van der Waals surface area contributed by atoms with E-state index in [0.717, 1.165) is 18.2 Å². The third-order valence-corrected chi connectivity index (χ3v) is 5.28. The molecule has 1 heterocycles. The summed E-state index contributed by atoms with van der Waals surface area (Å²) in [4.78, 5) is 11.3. The van der Waals surface area contributed by atoms with Crippen molar-refractivity contribution in [3.05, 3.63) is 52.8 Å². The van der Waals surface area contributed by atoms with E-state index in [1.165, 1.54) is 0 Å². The Labute approximate surface area is 155 Å². The Morgan fingerprint density at radius 1 is 1.04 bits per heavy atom. The summed E-state index contributed by atoms with van der Waals surface area (Å²) in [5.41, 5.74) is 0.0971. The molecule has 0 bridgehead atoms. The molecule has 2 aromatic carbocycles. The Morgan fingerprint density at radius 3 is 2.18 bits per heavy atom. The van der Waals surface area contributed by atoms with Gasteiger partial charge in [0.1, 0.15) is 16.7 Å². The van der Waals surface area contributed by atoms with E-state index in [1.807, 2.05) is 0 Å². The van der Waals surface area contributed by atoms with Crippen molar-refractivity contribution in [2.24, 2.45) is 0 Å². The predicted octanol–water partition coefficient (Wildman–Crippen LogP) is 3.89. The highest BCUT2D eigenvalue weighted by atomic mass is 32.2. The molecule has 0 N–H and O–H groups in total. The first-order valence-electron chi connectivity index (χ1n) is 7.86. The fourth-order valence-electron chi connectivity index (χ4n) is 2.57. The molecule has 2 aromatic rings. The molecule has 11 heteroatoms. The van der Waals surface area contributed by atoms with Gasteiger partial charge in [0.25, 0.3) is 0 Å². The van der Waals surface area contributed by atoms with Gasteiger partial charge < -0.3 is 8.92 Å². The Balaban J connectivity index is 2.03. The van der Waals surface area contributed by atoms with Gasteiger partial charge in [-0.2, -0.15) is 17.2 Å². The number of rotatable bonds is 4. The third-order valence-electron chi connectivity index (χ3n) is 4.07. The minimum Gasteiger partial charge on any atom is -0.489 e. The van der Waals surface area contributed by atoms with Gasteiger partial charge in [-0.15, -0.1) is 0 Å². The summed E-state index contributed by atoms with van der Waals surface area (Å²) >= 11 is 0. The number of carbonyl (C=O) groups is 1. The first-order chi connectivity index (χ1) is 13.1. The lowest BCUT2D eigenvalue weighted by atomic mass is 10.00. The minimum absolute atomic E-state index is 0.0924. The van der Waals surface area contributed by atoms with Crippen LogP contribution in [0.5, 0.6) is 11.5 Å². The highest BCUT2D eigenvalue weighted by Gasteiger charge is 2.32. The van der Waals surface area contributed by atoms with E-state index in [4.69, 9.17) is 4.74 Å². The van der Waals surface area contributed by atoms with Crippen molar-refractivity contribution in [1.82, 2.24) is 0 Å². The topological polar surface area (TPSA) is 69.7 Å². The molecule has 1 aliphatic rings. The maximum Gasteiger partial charge on any atom is 0.339 e. The maximum atomic E-state index is 13.7. The van der Waals surface area contributed by atoms with Crippen LogP contribution in [0.3, 0.4) is 0 Å². The number of halogens is 5. The summed E-state index contributed by atoms with van der Waals surface area (Å²) in [5, 5.41) is 0. The van der Waals surface area contributed by atoms with Crippen molar-refractivity contribution in [1.29, 1.82) is 0 Å². The van der Waals surface area contributed by atoms with Crippen molar-refractivity contribution in [3.63, 3.8) is 0 Å². The van der Waals surface area contributed by atoms with Gasteiger partial charge in [0.2, 0.25) is 34.8 Å². The van der Waals surface area contributed by atoms with Crippen LogP contribution in [-0.2, 0) is 10.1 Å². The first kappa shape index (κ1) is 20.1. The molecule has 0 spiro atoms. The zero-order chi connectivity index (χ0) is 20.8. The van der Waals surface area contributed by atoms with E-state index in [1.54, 1.807) is 6.92 Å². The van der Waals surface area contributed by atoms with Crippen molar-refractivity contribution in [2.75, 3.05) is 0 Å². The zero-order valence-electron chi connectivity index (χ0n) is 14.1. The van der Waals surface area contributed by atoms with Crippen LogP contribution >= 0.6 is 0 Å². The van der Waals surface area contributed by atoms with Crippen molar-refractivity contribution < 1.29 is 44.1 Å². The van der Waals surface area contributed by atoms with E-state index in [-0.39, 0.29) is 23.5 Å². The second-order valence-electron chi connectivity index (χ2n) is 5.87. The molecule has 5 nitrogen and oxygen atoms in total. The number of ether oxygens (including phenoxy) is 1. The second-order valence-corrected chi connectivity index (χ2v) is 7.42. The fourth-order valence-corrected chi connectivity index (χ4v) is 3.52. The smallest absolute Gasteiger partial charge is 0.339 e. The molecule has 0 saturated carbocycles. The molecule has 0 unspecified atom stereocenters. The van der Waals surface area contributed by atoms with Gasteiger partial charge in [0.05, 0.1) is 5.56 Å². The van der Waals surface area contributed by atoms with Crippen LogP contribution in [-0.4, -0.2) is 20.3 Å². The van der Waals surface area contributed by atoms with Crippen LogP contribution < -0.4 is 8.92 Å². The second kappa shape index (κ2) is 7.04. The lowest BCUT2D eigenvalue weighted by Crippen LogP contribution is -2.26. The molecular formula is C17H11F5O5S. The molecule has 0 amide bonds. The molecular weight excluding hydrogens is 411 g/mol. The van der Waals surface area contributed by atoms with Crippen molar-refractivity contribution in [3.8, 4) is 11.5 Å². The van der Waals surface area contributed by atoms with Crippen LogP contribution in [0.15, 0.2) is 23.1 Å². The lowest BCUT2D eigenvalue weighted by Gasteiger charge is -2.24. The minimum atomic E-state index is -5.01. The van der Waals surface area contributed by atoms with Crippen LogP contribution in [0.2, 0.25) is 0 Å². The van der Waals surface area contributed by atoms with Crippen LogP contribution in [0.4, 0.5) is 22.0 Å². The summed E-state index contributed by atoms with van der Waals surface area (Å²) in [5.74, 6) is -14.4. The Bertz CT molecular complexity index is 1050. The van der Waals surface area contributed by atoms with Gasteiger partial charge in [-0.1, -0.05) is 6.92 Å². The average Bonchev–Trinajstić information content (AvgIpc) is 2.67. The monoisotopic (exact) mass is 422 g/mol. The van der Waals surface area contributed by atoms with Gasteiger partial charge in [-0.25, -0.2) is 13.2 Å². The Morgan fingerprint density at radius 2 is 1.61 bits per heavy atom. The first-order valence-corrected chi connectivity index (χ1v) is 9.27. The number of benzene rings is 2. The fraction of sp³-hybridized carbons (Fsp3) is 0.235. The molecule has 0 aromatic heterocycles. The van der Waals surface area contributed by atoms with Crippen molar-refractivity contribution >= 4 is 15.9 Å². The van der Waals surface area contributed by atoms with E-state index in [2.05, 4.69) is 4.18 Å². The summed E-state index contributed by atoms with van der Waals surface area (Å²) in [6.07, 6.45) is 0.0638. The summed E-state index contributed by atoms with van der Waals surface area (Å²) in [6, 6.07) is 2.89. The molecule has 0 saturated heterocycles. The maximum absolute atomic E-state index is 13.7. The average molecular weight is 422 g/mol. The molecule has 28 heavy (non-hydrogen) atoms. The summed E-state index contributed by atoms with van der Waals surface area (Å²) in [6.45, 7) is 1.75. The van der Waals surface area contributed by atoms with E-state index in [0.29, 0.717) is 6.42 Å². The molecule has 3 rings (SSSR count). The highest BCUT2D eigenvalue weighted by molar-refractivity contribution is 7.87. The van der Waals surface area contributed by atoms with Crippen LogP contribution in [0, 0.1) is 29.1 Å². The van der Waals surface area contributed by atoms with Gasteiger partial charge in [0.15, 0.2) is 5.78 Å². The van der Waals surface area contributed by atoms with Crippen LogP contribution in [0.25, 0.3) is 0 Å². The molecule has 1 atom stereocenters. The van der Waals surface area contributed by atoms with Crippen molar-refractivity contribution in [2.45, 2.75) is 30.8 Å². The summed E-state index contributed by atoms with van der Waals surface area (Å²) < 4.78 is 101. The van der Waals surface area contributed by atoms with Crippen LogP contribution in [0.1, 0.15) is 30.1 Å². The number of hydrogen-bond donors (Lipinski definition) is 0. The molecule has 0 aliphatic carbocycles.